The Morgan fingerprint density at radius 2 is 1.71 bits per heavy atom. The Hall–Kier alpha value is -2.25. The van der Waals surface area contributed by atoms with E-state index in [9.17, 15) is 22.8 Å². The highest BCUT2D eigenvalue weighted by atomic mass is 19.2. The van der Waals surface area contributed by atoms with Crippen LogP contribution >= 0.6 is 0 Å². The van der Waals surface area contributed by atoms with Gasteiger partial charge in [0.2, 0.25) is 0 Å². The molecule has 0 radical (unpaired) electrons. The van der Waals surface area contributed by atoms with Gasteiger partial charge in [-0.1, -0.05) is 0 Å². The molecule has 1 heterocycles. The Kier molecular flexibility index (Phi) is 4.38. The molecule has 3 rings (SSSR count). The Morgan fingerprint density at radius 3 is 2.25 bits per heavy atom. The van der Waals surface area contributed by atoms with E-state index in [0.717, 1.165) is 12.1 Å². The molecule has 5 nitrogen and oxygen atoms in total. The van der Waals surface area contributed by atoms with E-state index < -0.39 is 29.3 Å². The van der Waals surface area contributed by atoms with Crippen molar-refractivity contribution in [3.63, 3.8) is 0 Å². The number of aliphatic carboxylic acids is 1. The van der Waals surface area contributed by atoms with E-state index in [4.69, 9.17) is 5.11 Å². The van der Waals surface area contributed by atoms with Gasteiger partial charge in [-0.25, -0.2) is 18.0 Å². The number of urea groups is 1. The van der Waals surface area contributed by atoms with Gasteiger partial charge in [0.15, 0.2) is 17.5 Å². The van der Waals surface area contributed by atoms with Crippen LogP contribution in [0.4, 0.5) is 18.0 Å². The molecule has 2 aliphatic rings. The van der Waals surface area contributed by atoms with Crippen LogP contribution in [0.3, 0.4) is 0 Å². The standard InChI is InChI=1S/C16H17F3N2O3/c17-11-5-9(6-12(18)14(11)19)10-7-13(10)20-16(24)21-3-1-8(2-4-21)15(22)23/h5-6,8,10,13H,1-4,7H2,(H,20,24)(H,22,23)/t10-,13+/m0/s1. The molecule has 2 N–H and O–H groups in total. The van der Waals surface area contributed by atoms with E-state index in [0.29, 0.717) is 37.9 Å². The summed E-state index contributed by atoms with van der Waals surface area (Å²) >= 11 is 0. The zero-order valence-corrected chi connectivity index (χ0v) is 12.8. The molecule has 1 aliphatic heterocycles. The van der Waals surface area contributed by atoms with Gasteiger partial charge in [0, 0.05) is 25.0 Å². The van der Waals surface area contributed by atoms with Crippen LogP contribution < -0.4 is 5.32 Å². The van der Waals surface area contributed by atoms with Crippen molar-refractivity contribution in [3.8, 4) is 0 Å². The van der Waals surface area contributed by atoms with Gasteiger partial charge in [0.05, 0.1) is 5.92 Å². The van der Waals surface area contributed by atoms with Gasteiger partial charge < -0.3 is 15.3 Å². The molecule has 0 unspecified atom stereocenters. The van der Waals surface area contributed by atoms with Crippen molar-refractivity contribution >= 4 is 12.0 Å². The number of amides is 2. The lowest BCUT2D eigenvalue weighted by Gasteiger charge is -2.30. The quantitative estimate of drug-likeness (QED) is 0.829. The summed E-state index contributed by atoms with van der Waals surface area (Å²) in [6.07, 6.45) is 1.35. The first-order valence-corrected chi connectivity index (χ1v) is 7.79. The normalized spacial score (nSPS) is 23.9. The number of hydrogen-bond acceptors (Lipinski definition) is 2. The number of likely N-dealkylation sites (tertiary alicyclic amines) is 1. The van der Waals surface area contributed by atoms with E-state index in [1.165, 1.54) is 0 Å². The number of carboxylic acid groups (broad SMARTS) is 1. The molecule has 2 atom stereocenters. The predicted molar refractivity (Wildman–Crippen MR) is 77.9 cm³/mol. The molecule has 8 heteroatoms. The molecule has 1 aromatic carbocycles. The number of halogens is 3. The number of carboxylic acids is 1. The maximum absolute atomic E-state index is 13.3. The van der Waals surface area contributed by atoms with Crippen molar-refractivity contribution in [2.45, 2.75) is 31.2 Å². The van der Waals surface area contributed by atoms with E-state index >= 15 is 0 Å². The Balaban J connectivity index is 1.54. The lowest BCUT2D eigenvalue weighted by atomic mass is 9.97. The SMILES string of the molecule is O=C(O)C1CCN(C(=O)N[C@@H]2C[C@H]2c2cc(F)c(F)c(F)c2)CC1. The summed E-state index contributed by atoms with van der Waals surface area (Å²) in [5.41, 5.74) is 0.321. The third-order valence-electron chi connectivity index (χ3n) is 4.67. The van der Waals surface area contributed by atoms with E-state index in [2.05, 4.69) is 5.32 Å². The van der Waals surface area contributed by atoms with Crippen LogP contribution in [0, 0.1) is 23.4 Å². The molecule has 1 aliphatic carbocycles. The Morgan fingerprint density at radius 1 is 1.12 bits per heavy atom. The second-order valence-corrected chi connectivity index (χ2v) is 6.30. The van der Waals surface area contributed by atoms with E-state index in [1.54, 1.807) is 4.90 Å². The number of hydrogen-bond donors (Lipinski definition) is 2. The minimum atomic E-state index is -1.50. The Bertz CT molecular complexity index is 652. The largest absolute Gasteiger partial charge is 0.481 e. The van der Waals surface area contributed by atoms with Crippen LogP contribution in [-0.2, 0) is 4.79 Å². The number of rotatable bonds is 3. The molecule has 0 bridgehead atoms. The number of nitrogens with zero attached hydrogens (tertiary/aromatic N) is 1. The summed E-state index contributed by atoms with van der Waals surface area (Å²) in [6.45, 7) is 0.722. The number of carbonyl (C=O) groups excluding carboxylic acids is 1. The van der Waals surface area contributed by atoms with Gasteiger partial charge in [-0.2, -0.15) is 0 Å². The molecule has 24 heavy (non-hydrogen) atoms. The van der Waals surface area contributed by atoms with Gasteiger partial charge >= 0.3 is 12.0 Å². The first-order chi connectivity index (χ1) is 11.4. The van der Waals surface area contributed by atoms with Crippen molar-refractivity contribution in [2.24, 2.45) is 5.92 Å². The zero-order chi connectivity index (χ0) is 17.4. The summed E-state index contributed by atoms with van der Waals surface area (Å²) in [5.74, 6) is -5.49. The Labute approximate surface area is 136 Å². The highest BCUT2D eigenvalue weighted by Crippen LogP contribution is 2.41. The van der Waals surface area contributed by atoms with E-state index in [1.807, 2.05) is 0 Å². The molecule has 1 saturated heterocycles. The first-order valence-electron chi connectivity index (χ1n) is 7.79. The fourth-order valence-electron chi connectivity index (χ4n) is 3.09. The summed E-state index contributed by atoms with van der Waals surface area (Å²) in [4.78, 5) is 24.6. The van der Waals surface area contributed by atoms with Gasteiger partial charge in [0.25, 0.3) is 0 Å². The molecule has 2 fully saturated rings. The molecular weight excluding hydrogens is 325 g/mol. The maximum atomic E-state index is 13.3. The molecule has 0 spiro atoms. The number of benzene rings is 1. The molecule has 130 valence electrons. The van der Waals surface area contributed by atoms with Gasteiger partial charge in [-0.3, -0.25) is 4.79 Å². The smallest absolute Gasteiger partial charge is 0.317 e. The minimum absolute atomic E-state index is 0.241. The lowest BCUT2D eigenvalue weighted by molar-refractivity contribution is -0.143. The van der Waals surface area contributed by atoms with Gasteiger partial charge in [-0.15, -0.1) is 0 Å². The second kappa shape index (κ2) is 6.33. The highest BCUT2D eigenvalue weighted by molar-refractivity contribution is 5.76. The average molecular weight is 342 g/mol. The molecule has 1 aromatic rings. The maximum Gasteiger partial charge on any atom is 0.317 e. The third-order valence-corrected chi connectivity index (χ3v) is 4.67. The third kappa shape index (κ3) is 3.32. The van der Waals surface area contributed by atoms with Crippen LogP contribution in [-0.4, -0.2) is 41.1 Å². The van der Waals surface area contributed by atoms with Crippen molar-refractivity contribution in [1.82, 2.24) is 10.2 Å². The second-order valence-electron chi connectivity index (χ2n) is 6.30. The summed E-state index contributed by atoms with van der Waals surface area (Å²) in [6, 6.07) is 1.34. The molecule has 2 amide bonds. The fraction of sp³-hybridized carbons (Fsp3) is 0.500. The fourth-order valence-corrected chi connectivity index (χ4v) is 3.09. The summed E-state index contributed by atoms with van der Waals surface area (Å²) in [7, 11) is 0. The summed E-state index contributed by atoms with van der Waals surface area (Å²) < 4.78 is 39.5. The lowest BCUT2D eigenvalue weighted by Crippen LogP contribution is -2.46. The monoisotopic (exact) mass is 342 g/mol. The van der Waals surface area contributed by atoms with Crippen LogP contribution in [0.1, 0.15) is 30.7 Å². The molecule has 1 saturated carbocycles. The van der Waals surface area contributed by atoms with Crippen LogP contribution in [0.2, 0.25) is 0 Å². The molecule has 0 aromatic heterocycles. The van der Waals surface area contributed by atoms with Crippen LogP contribution in [0.25, 0.3) is 0 Å². The van der Waals surface area contributed by atoms with Crippen LogP contribution in [0.15, 0.2) is 12.1 Å². The number of carbonyl (C=O) groups is 2. The van der Waals surface area contributed by atoms with Crippen molar-refractivity contribution in [2.75, 3.05) is 13.1 Å². The van der Waals surface area contributed by atoms with Gasteiger partial charge in [0.1, 0.15) is 0 Å². The molecular formula is C16H17F3N2O3. The average Bonchev–Trinajstić information content (AvgIpc) is 3.31. The predicted octanol–water partition coefficient (Wildman–Crippen LogP) is 2.47. The highest BCUT2D eigenvalue weighted by Gasteiger charge is 2.41. The topological polar surface area (TPSA) is 69.6 Å². The number of nitrogens with one attached hydrogen (secondary N) is 1. The minimum Gasteiger partial charge on any atom is -0.481 e. The van der Waals surface area contributed by atoms with Crippen molar-refractivity contribution in [1.29, 1.82) is 0 Å². The van der Waals surface area contributed by atoms with Crippen LogP contribution in [0.5, 0.6) is 0 Å². The van der Waals surface area contributed by atoms with Crippen molar-refractivity contribution < 1.29 is 27.9 Å². The number of piperidine rings is 1. The van der Waals surface area contributed by atoms with E-state index in [-0.39, 0.29) is 18.0 Å². The zero-order valence-electron chi connectivity index (χ0n) is 12.8. The van der Waals surface area contributed by atoms with Crippen molar-refractivity contribution in [3.05, 3.63) is 35.1 Å². The summed E-state index contributed by atoms with van der Waals surface area (Å²) in [5, 5.41) is 11.7. The first kappa shape index (κ1) is 16.6. The van der Waals surface area contributed by atoms with Gasteiger partial charge in [-0.05, 0) is 37.0 Å².